The number of ether oxygens (including phenoxy) is 2. The van der Waals surface area contributed by atoms with Gasteiger partial charge in [0.1, 0.15) is 18.2 Å². The predicted molar refractivity (Wildman–Crippen MR) is 139 cm³/mol. The minimum absolute atomic E-state index is 0.0409. The summed E-state index contributed by atoms with van der Waals surface area (Å²) in [4.78, 5) is 29.0. The number of carbonyl (C=O) groups excluding carboxylic acids is 2. The molecule has 218 valence electrons. The molecular formula is C29H30F4N4O4. The number of anilines is 1. The van der Waals surface area contributed by atoms with Crippen LogP contribution in [0.5, 0.6) is 5.75 Å². The number of amides is 2. The van der Waals surface area contributed by atoms with Crippen molar-refractivity contribution in [2.75, 3.05) is 38.1 Å². The van der Waals surface area contributed by atoms with E-state index in [9.17, 15) is 27.2 Å². The van der Waals surface area contributed by atoms with E-state index >= 15 is 0 Å². The second-order valence-corrected chi connectivity index (χ2v) is 10.6. The van der Waals surface area contributed by atoms with E-state index in [0.29, 0.717) is 75.3 Å². The average molecular weight is 575 g/mol. The van der Waals surface area contributed by atoms with E-state index in [1.807, 2.05) is 0 Å². The van der Waals surface area contributed by atoms with Crippen LogP contribution in [0.2, 0.25) is 0 Å². The van der Waals surface area contributed by atoms with Crippen LogP contribution in [0.4, 0.5) is 23.2 Å². The first kappa shape index (κ1) is 28.7. The van der Waals surface area contributed by atoms with E-state index < -0.39 is 23.4 Å². The number of benzene rings is 2. The smallest absolute Gasteiger partial charge is 0.417 e. The van der Waals surface area contributed by atoms with Crippen LogP contribution in [0.1, 0.15) is 42.4 Å². The number of nitriles is 1. The summed E-state index contributed by atoms with van der Waals surface area (Å²) in [5, 5.41) is 12.1. The van der Waals surface area contributed by atoms with Crippen LogP contribution in [-0.2, 0) is 26.9 Å². The zero-order chi connectivity index (χ0) is 29.1. The first-order chi connectivity index (χ1) is 19.6. The largest absolute Gasteiger partial charge is 0.480 e. The SMILES string of the molecule is N#Cc1ccc(N[C@H]2CC[C@H](OCC(=O)N3CCN(C(=O)C4Cc5cc(F)ccc5O4)CC3)CC2)cc1C(F)(F)F. The minimum atomic E-state index is -4.61. The van der Waals surface area contributed by atoms with Gasteiger partial charge in [-0.3, -0.25) is 9.59 Å². The summed E-state index contributed by atoms with van der Waals surface area (Å²) in [7, 11) is 0. The zero-order valence-corrected chi connectivity index (χ0v) is 22.3. The summed E-state index contributed by atoms with van der Waals surface area (Å²) >= 11 is 0. The van der Waals surface area contributed by atoms with Gasteiger partial charge in [-0.15, -0.1) is 0 Å². The second kappa shape index (κ2) is 11.9. The Morgan fingerprint density at radius 2 is 1.73 bits per heavy atom. The summed E-state index contributed by atoms with van der Waals surface area (Å²) in [6.45, 7) is 1.43. The lowest BCUT2D eigenvalue weighted by atomic mass is 9.92. The molecule has 1 saturated heterocycles. The van der Waals surface area contributed by atoms with Gasteiger partial charge in [0.05, 0.1) is 23.3 Å². The highest BCUT2D eigenvalue weighted by Gasteiger charge is 2.36. The number of alkyl halides is 3. The molecule has 2 amide bonds. The molecule has 1 aliphatic carbocycles. The highest BCUT2D eigenvalue weighted by atomic mass is 19.4. The Morgan fingerprint density at radius 1 is 1.02 bits per heavy atom. The standard InChI is InChI=1S/C29H30F4N4O4/c30-20-2-8-25-19(13-20)14-26(41-25)28(39)37-11-9-36(10-12-37)27(38)17-40-23-6-4-21(5-7-23)35-22-3-1-18(16-34)24(15-22)29(31,32)33/h1-3,8,13,15,21,23,26,35H,4-7,9-12,14,17H2/t21-,23-,26?. The third-order valence-electron chi connectivity index (χ3n) is 7.85. The molecular weight excluding hydrogens is 544 g/mol. The molecule has 1 N–H and O–H groups in total. The fourth-order valence-corrected chi connectivity index (χ4v) is 5.59. The van der Waals surface area contributed by atoms with E-state index in [2.05, 4.69) is 5.32 Å². The zero-order valence-electron chi connectivity index (χ0n) is 22.3. The van der Waals surface area contributed by atoms with Crippen molar-refractivity contribution in [1.29, 1.82) is 5.26 Å². The molecule has 0 spiro atoms. The maximum atomic E-state index is 13.5. The van der Waals surface area contributed by atoms with Crippen molar-refractivity contribution in [3.63, 3.8) is 0 Å². The quantitative estimate of drug-likeness (QED) is 0.522. The number of carbonyl (C=O) groups is 2. The van der Waals surface area contributed by atoms with Gasteiger partial charge in [0.2, 0.25) is 5.91 Å². The first-order valence-electron chi connectivity index (χ1n) is 13.6. The van der Waals surface area contributed by atoms with E-state index in [0.717, 1.165) is 6.07 Å². The van der Waals surface area contributed by atoms with Crippen molar-refractivity contribution in [1.82, 2.24) is 9.80 Å². The average Bonchev–Trinajstić information content (AvgIpc) is 3.39. The van der Waals surface area contributed by atoms with E-state index in [-0.39, 0.29) is 36.4 Å². The van der Waals surface area contributed by atoms with Gasteiger partial charge in [0.25, 0.3) is 5.91 Å². The molecule has 2 fully saturated rings. The fraction of sp³-hybridized carbons (Fsp3) is 0.483. The molecule has 8 nitrogen and oxygen atoms in total. The number of nitrogens with zero attached hydrogens (tertiary/aromatic N) is 3. The number of hydrogen-bond donors (Lipinski definition) is 1. The van der Waals surface area contributed by atoms with Gasteiger partial charge in [0, 0.05) is 49.9 Å². The van der Waals surface area contributed by atoms with Gasteiger partial charge < -0.3 is 24.6 Å². The molecule has 41 heavy (non-hydrogen) atoms. The normalized spacial score (nSPS) is 22.5. The summed E-state index contributed by atoms with van der Waals surface area (Å²) in [5.74, 6) is -0.184. The van der Waals surface area contributed by atoms with Crippen LogP contribution in [0.3, 0.4) is 0 Å². The lowest BCUT2D eigenvalue weighted by molar-refractivity contribution is -0.146. The highest BCUT2D eigenvalue weighted by Crippen LogP contribution is 2.34. The monoisotopic (exact) mass is 574 g/mol. The number of halogens is 4. The lowest BCUT2D eigenvalue weighted by Gasteiger charge is -2.36. The number of fused-ring (bicyclic) bond motifs is 1. The van der Waals surface area contributed by atoms with Crippen LogP contribution in [0.15, 0.2) is 36.4 Å². The number of nitrogens with one attached hydrogen (secondary N) is 1. The summed E-state index contributed by atoms with van der Waals surface area (Å²) in [6.07, 6.45) is -2.46. The summed E-state index contributed by atoms with van der Waals surface area (Å²) in [5.41, 5.74) is -0.389. The van der Waals surface area contributed by atoms with Crippen molar-refractivity contribution in [2.45, 2.75) is 56.5 Å². The number of hydrogen-bond acceptors (Lipinski definition) is 6. The highest BCUT2D eigenvalue weighted by molar-refractivity contribution is 5.83. The molecule has 0 bridgehead atoms. The second-order valence-electron chi connectivity index (χ2n) is 10.6. The molecule has 1 atom stereocenters. The summed E-state index contributed by atoms with van der Waals surface area (Å²) in [6, 6.07) is 9.36. The fourth-order valence-electron chi connectivity index (χ4n) is 5.59. The molecule has 3 aliphatic rings. The van der Waals surface area contributed by atoms with Gasteiger partial charge in [-0.25, -0.2) is 4.39 Å². The van der Waals surface area contributed by atoms with Crippen LogP contribution < -0.4 is 10.1 Å². The molecule has 2 heterocycles. The Bertz CT molecular complexity index is 1330. The van der Waals surface area contributed by atoms with Crippen LogP contribution in [0.25, 0.3) is 0 Å². The molecule has 5 rings (SSSR count). The number of piperazine rings is 1. The molecule has 2 aliphatic heterocycles. The van der Waals surface area contributed by atoms with Crippen LogP contribution in [0, 0.1) is 17.1 Å². The third-order valence-corrected chi connectivity index (χ3v) is 7.85. The lowest BCUT2D eigenvalue weighted by Crippen LogP contribution is -2.54. The topological polar surface area (TPSA) is 94.9 Å². The maximum Gasteiger partial charge on any atom is 0.417 e. The van der Waals surface area contributed by atoms with Gasteiger partial charge in [0.15, 0.2) is 6.10 Å². The Morgan fingerprint density at radius 3 is 2.41 bits per heavy atom. The van der Waals surface area contributed by atoms with Crippen LogP contribution in [-0.4, -0.2) is 72.6 Å². The van der Waals surface area contributed by atoms with Crippen molar-refractivity contribution < 1.29 is 36.6 Å². The minimum Gasteiger partial charge on any atom is -0.480 e. The summed E-state index contributed by atoms with van der Waals surface area (Å²) < 4.78 is 64.8. The molecule has 12 heteroatoms. The Kier molecular flexibility index (Phi) is 8.35. The van der Waals surface area contributed by atoms with Gasteiger partial charge >= 0.3 is 6.18 Å². The van der Waals surface area contributed by atoms with E-state index in [1.54, 1.807) is 15.9 Å². The van der Waals surface area contributed by atoms with Gasteiger partial charge in [-0.2, -0.15) is 18.4 Å². The van der Waals surface area contributed by atoms with Crippen LogP contribution >= 0.6 is 0 Å². The van der Waals surface area contributed by atoms with Gasteiger partial charge in [-0.05, 0) is 62.1 Å². The van der Waals surface area contributed by atoms with Gasteiger partial charge in [-0.1, -0.05) is 0 Å². The molecule has 2 aromatic rings. The van der Waals surface area contributed by atoms with E-state index in [1.165, 1.54) is 30.3 Å². The maximum absolute atomic E-state index is 13.5. The Hall–Kier alpha value is -3.85. The predicted octanol–water partition coefficient (Wildman–Crippen LogP) is 4.13. The van der Waals surface area contributed by atoms with Crippen molar-refractivity contribution >= 4 is 17.5 Å². The molecule has 0 radical (unpaired) electrons. The molecule has 0 aromatic heterocycles. The number of rotatable bonds is 6. The molecule has 2 aromatic carbocycles. The Labute approximate surface area is 234 Å². The molecule has 1 unspecified atom stereocenters. The Balaban J connectivity index is 1.02. The third kappa shape index (κ3) is 6.73. The molecule has 1 saturated carbocycles. The first-order valence-corrected chi connectivity index (χ1v) is 13.6. The van der Waals surface area contributed by atoms with Crippen molar-refractivity contribution in [3.05, 3.63) is 58.9 Å². The van der Waals surface area contributed by atoms with Crippen molar-refractivity contribution in [3.8, 4) is 11.8 Å². The van der Waals surface area contributed by atoms with E-state index in [4.69, 9.17) is 14.7 Å². The van der Waals surface area contributed by atoms with Crippen molar-refractivity contribution in [2.24, 2.45) is 0 Å².